The van der Waals surface area contributed by atoms with E-state index in [9.17, 15) is 19.2 Å². The number of carbonyl (C=O) groups excluding carboxylic acids is 4. The molecule has 0 aromatic heterocycles. The van der Waals surface area contributed by atoms with Gasteiger partial charge in [-0.15, -0.1) is 0 Å². The molecule has 0 aliphatic carbocycles. The molecule has 1 aliphatic heterocycles. The molecule has 0 bridgehead atoms. The Morgan fingerprint density at radius 2 is 1.61 bits per heavy atom. The van der Waals surface area contributed by atoms with Crippen molar-refractivity contribution >= 4 is 46.7 Å². The molecule has 0 fully saturated rings. The average Bonchev–Trinajstić information content (AvgIpc) is 3.21. The number of amides is 3. The topological polar surface area (TPSA) is 111 Å². The first-order valence-corrected chi connectivity index (χ1v) is 12.8. The third kappa shape index (κ3) is 5.90. The fourth-order valence-corrected chi connectivity index (χ4v) is 4.43. The summed E-state index contributed by atoms with van der Waals surface area (Å²) in [6.45, 7) is 1.36. The zero-order valence-electron chi connectivity index (χ0n) is 22.0. The minimum absolute atomic E-state index is 0.0155. The number of imide groups is 1. The quantitative estimate of drug-likeness (QED) is 0.203. The Hall–Kier alpha value is -5.15. The number of methoxy groups -OCH3 is 1. The number of ether oxygens (including phenoxy) is 3. The second-order valence-electron chi connectivity index (χ2n) is 9.09. The van der Waals surface area contributed by atoms with Gasteiger partial charge in [-0.2, -0.15) is 0 Å². The number of rotatable bonds is 8. The summed E-state index contributed by atoms with van der Waals surface area (Å²) in [6, 6.07) is 22.8. The predicted octanol–water partition coefficient (Wildman–Crippen LogP) is 6.05. The van der Waals surface area contributed by atoms with Crippen molar-refractivity contribution in [1.29, 1.82) is 0 Å². The molecular weight excluding hydrogens is 548 g/mol. The highest BCUT2D eigenvalue weighted by atomic mass is 35.5. The lowest BCUT2D eigenvalue weighted by Gasteiger charge is -2.14. The van der Waals surface area contributed by atoms with Crippen LogP contribution in [0, 0.1) is 6.92 Å². The molecule has 0 radical (unpaired) electrons. The van der Waals surface area contributed by atoms with Crippen molar-refractivity contribution in [3.05, 3.63) is 112 Å². The average molecular weight is 571 g/mol. The van der Waals surface area contributed by atoms with Gasteiger partial charge >= 0.3 is 5.97 Å². The van der Waals surface area contributed by atoms with Crippen LogP contribution in [0.5, 0.6) is 17.2 Å². The van der Waals surface area contributed by atoms with Crippen LogP contribution in [0.3, 0.4) is 0 Å². The Bertz CT molecular complexity index is 1680. The molecular formula is C31H23ClN2O7. The van der Waals surface area contributed by atoms with Crippen molar-refractivity contribution in [2.24, 2.45) is 0 Å². The summed E-state index contributed by atoms with van der Waals surface area (Å²) in [6.07, 6.45) is 0. The van der Waals surface area contributed by atoms with E-state index in [1.54, 1.807) is 36.4 Å². The van der Waals surface area contributed by atoms with E-state index < -0.39 is 30.3 Å². The lowest BCUT2D eigenvalue weighted by molar-refractivity contribution is -0.119. The van der Waals surface area contributed by atoms with Gasteiger partial charge in [0.1, 0.15) is 17.2 Å². The maximum Gasteiger partial charge on any atom is 0.338 e. The van der Waals surface area contributed by atoms with E-state index in [-0.39, 0.29) is 16.7 Å². The van der Waals surface area contributed by atoms with E-state index in [0.29, 0.717) is 33.6 Å². The zero-order valence-corrected chi connectivity index (χ0v) is 22.7. The summed E-state index contributed by atoms with van der Waals surface area (Å²) in [7, 11) is 1.44. The molecule has 1 N–H and O–H groups in total. The van der Waals surface area contributed by atoms with Gasteiger partial charge in [0.05, 0.1) is 35.2 Å². The molecule has 41 heavy (non-hydrogen) atoms. The molecule has 9 nitrogen and oxygen atoms in total. The first-order valence-electron chi connectivity index (χ1n) is 12.4. The number of benzene rings is 4. The van der Waals surface area contributed by atoms with Crippen molar-refractivity contribution in [2.45, 2.75) is 6.92 Å². The van der Waals surface area contributed by atoms with Gasteiger partial charge < -0.3 is 19.5 Å². The molecule has 4 aromatic rings. The number of esters is 1. The highest BCUT2D eigenvalue weighted by Gasteiger charge is 2.37. The van der Waals surface area contributed by atoms with Crippen molar-refractivity contribution in [2.75, 3.05) is 23.9 Å². The van der Waals surface area contributed by atoms with Crippen molar-refractivity contribution < 1.29 is 33.4 Å². The Labute approximate surface area is 240 Å². The predicted molar refractivity (Wildman–Crippen MR) is 152 cm³/mol. The monoisotopic (exact) mass is 570 g/mol. The van der Waals surface area contributed by atoms with Gasteiger partial charge in [-0.1, -0.05) is 23.7 Å². The zero-order chi connectivity index (χ0) is 29.1. The summed E-state index contributed by atoms with van der Waals surface area (Å²) in [5, 5.41) is 2.95. The molecule has 206 valence electrons. The highest BCUT2D eigenvalue weighted by Crippen LogP contribution is 2.32. The first kappa shape index (κ1) is 27.4. The number of anilines is 2. The fraction of sp³-hybridized carbons (Fsp3) is 0.0968. The van der Waals surface area contributed by atoms with Gasteiger partial charge in [-0.05, 0) is 85.3 Å². The molecule has 3 amide bonds. The second-order valence-corrected chi connectivity index (χ2v) is 9.52. The van der Waals surface area contributed by atoms with Crippen molar-refractivity contribution in [3.63, 3.8) is 0 Å². The maximum absolute atomic E-state index is 13.2. The molecule has 0 saturated carbocycles. The molecule has 0 unspecified atom stereocenters. The van der Waals surface area contributed by atoms with Crippen LogP contribution in [-0.4, -0.2) is 37.4 Å². The molecule has 0 spiro atoms. The van der Waals surface area contributed by atoms with Crippen LogP contribution in [0.25, 0.3) is 0 Å². The molecule has 1 heterocycles. The SMILES string of the molecule is COc1ccc(Cl)cc1NC(=O)COC(=O)c1ccc2c(c1)C(=O)N(c1ccc(Oc3cccc(C)c3)cc1)C2=O. The summed E-state index contributed by atoms with van der Waals surface area (Å²) in [5.74, 6) is -0.970. The minimum atomic E-state index is -0.836. The smallest absolute Gasteiger partial charge is 0.338 e. The Morgan fingerprint density at radius 1 is 0.854 bits per heavy atom. The van der Waals surface area contributed by atoms with Crippen LogP contribution in [0.1, 0.15) is 36.6 Å². The molecule has 10 heteroatoms. The molecule has 4 aromatic carbocycles. The number of hydrogen-bond donors (Lipinski definition) is 1. The summed E-state index contributed by atoms with van der Waals surface area (Å²) >= 11 is 5.97. The summed E-state index contributed by atoms with van der Waals surface area (Å²) in [5.41, 5.74) is 1.94. The van der Waals surface area contributed by atoms with Crippen LogP contribution >= 0.6 is 11.6 Å². The molecule has 0 atom stereocenters. The summed E-state index contributed by atoms with van der Waals surface area (Å²) < 4.78 is 16.1. The maximum atomic E-state index is 13.2. The van der Waals surface area contributed by atoms with Gasteiger partial charge in [-0.25, -0.2) is 9.69 Å². The molecule has 5 rings (SSSR count). The van der Waals surface area contributed by atoms with E-state index in [2.05, 4.69) is 5.32 Å². The third-order valence-electron chi connectivity index (χ3n) is 6.21. The number of nitrogens with one attached hydrogen (secondary N) is 1. The van der Waals surface area contributed by atoms with Crippen LogP contribution in [0.15, 0.2) is 84.9 Å². The summed E-state index contributed by atoms with van der Waals surface area (Å²) in [4.78, 5) is 52.3. The first-order chi connectivity index (χ1) is 19.7. The molecule has 1 aliphatic rings. The number of fused-ring (bicyclic) bond motifs is 1. The third-order valence-corrected chi connectivity index (χ3v) is 6.45. The fourth-order valence-electron chi connectivity index (χ4n) is 4.26. The highest BCUT2D eigenvalue weighted by molar-refractivity contribution is 6.34. The number of aryl methyl sites for hydroxylation is 1. The van der Waals surface area contributed by atoms with Gasteiger partial charge in [-0.3, -0.25) is 14.4 Å². The minimum Gasteiger partial charge on any atom is -0.495 e. The van der Waals surface area contributed by atoms with Crippen LogP contribution in [-0.2, 0) is 9.53 Å². The van der Waals surface area contributed by atoms with Crippen LogP contribution in [0.2, 0.25) is 5.02 Å². The van der Waals surface area contributed by atoms with Gasteiger partial charge in [0.15, 0.2) is 6.61 Å². The van der Waals surface area contributed by atoms with E-state index in [0.717, 1.165) is 10.5 Å². The van der Waals surface area contributed by atoms with Gasteiger partial charge in [0, 0.05) is 5.02 Å². The number of nitrogens with zero attached hydrogens (tertiary/aromatic N) is 1. The normalized spacial score (nSPS) is 12.1. The standard InChI is InChI=1S/C31H23ClN2O7/c1-18-4-3-5-23(14-18)41-22-10-8-21(9-11-22)34-29(36)24-12-6-19(15-25(24)30(34)37)31(38)40-17-28(35)33-26-16-20(32)7-13-27(26)39-2/h3-16H,17H2,1-2H3,(H,33,35). The Balaban J connectivity index is 1.24. The second kappa shape index (κ2) is 11.5. The van der Waals surface area contributed by atoms with Crippen LogP contribution in [0.4, 0.5) is 11.4 Å². The number of halogens is 1. The van der Waals surface area contributed by atoms with E-state index >= 15 is 0 Å². The Morgan fingerprint density at radius 3 is 2.34 bits per heavy atom. The van der Waals surface area contributed by atoms with Crippen molar-refractivity contribution in [3.8, 4) is 17.2 Å². The Kier molecular flexibility index (Phi) is 7.71. The van der Waals surface area contributed by atoms with Gasteiger partial charge in [0.25, 0.3) is 17.7 Å². The van der Waals surface area contributed by atoms with E-state index in [1.807, 2.05) is 31.2 Å². The largest absolute Gasteiger partial charge is 0.495 e. The molecule has 0 saturated heterocycles. The van der Waals surface area contributed by atoms with E-state index in [1.165, 1.54) is 31.4 Å². The number of carbonyl (C=O) groups is 4. The van der Waals surface area contributed by atoms with Gasteiger partial charge in [0.2, 0.25) is 0 Å². The van der Waals surface area contributed by atoms with E-state index in [4.69, 9.17) is 25.8 Å². The van der Waals surface area contributed by atoms with Crippen molar-refractivity contribution in [1.82, 2.24) is 0 Å². The lowest BCUT2D eigenvalue weighted by atomic mass is 10.1. The van der Waals surface area contributed by atoms with Crippen LogP contribution < -0.4 is 19.7 Å². The number of hydrogen-bond acceptors (Lipinski definition) is 7. The lowest BCUT2D eigenvalue weighted by Crippen LogP contribution is -2.29.